The molecule has 1 aliphatic heterocycles. The van der Waals surface area contributed by atoms with Crippen LogP contribution in [0.5, 0.6) is 0 Å². The summed E-state index contributed by atoms with van der Waals surface area (Å²) in [5.41, 5.74) is 0. The highest BCUT2D eigenvalue weighted by Crippen LogP contribution is 2.06. The van der Waals surface area contributed by atoms with Crippen LogP contribution in [0.3, 0.4) is 0 Å². The Balaban J connectivity index is 2.48. The van der Waals surface area contributed by atoms with Gasteiger partial charge in [0.15, 0.2) is 0 Å². The van der Waals surface area contributed by atoms with Crippen molar-refractivity contribution in [1.82, 2.24) is 16.0 Å². The largest absolute Gasteiger partial charge is 0.464 e. The maximum Gasteiger partial charge on any atom is 0.328 e. The Morgan fingerprint density at radius 2 is 2.04 bits per heavy atom. The smallest absolute Gasteiger partial charge is 0.328 e. The van der Waals surface area contributed by atoms with E-state index in [0.29, 0.717) is 13.0 Å². The maximum absolute atomic E-state index is 11.9. The molecule has 3 amide bonds. The molecule has 0 radical (unpaired) electrons. The van der Waals surface area contributed by atoms with Gasteiger partial charge in [0.1, 0.15) is 12.1 Å². The van der Waals surface area contributed by atoms with Gasteiger partial charge in [-0.25, -0.2) is 4.79 Å². The second kappa shape index (κ2) is 9.81. The van der Waals surface area contributed by atoms with E-state index >= 15 is 0 Å². The monoisotopic (exact) mass is 327 g/mol. The molecule has 8 heteroatoms. The minimum atomic E-state index is -0.853. The lowest BCUT2D eigenvalue weighted by Crippen LogP contribution is -2.50. The minimum absolute atomic E-state index is 0.0251. The third kappa shape index (κ3) is 6.66. The summed E-state index contributed by atoms with van der Waals surface area (Å²) in [6.07, 6.45) is 1.81. The lowest BCUT2D eigenvalue weighted by atomic mass is 10.1. The molecule has 0 aliphatic carbocycles. The Bertz CT molecular complexity index is 452. The Morgan fingerprint density at radius 3 is 2.65 bits per heavy atom. The predicted molar refractivity (Wildman–Crippen MR) is 82.3 cm³/mol. The van der Waals surface area contributed by atoms with Gasteiger partial charge in [0.2, 0.25) is 17.7 Å². The van der Waals surface area contributed by atoms with Gasteiger partial charge in [-0.3, -0.25) is 14.4 Å². The number of carbonyl (C=O) groups excluding carboxylic acids is 4. The number of hydrogen-bond donors (Lipinski definition) is 3. The van der Waals surface area contributed by atoms with Crippen LogP contribution in [0.25, 0.3) is 0 Å². The fraction of sp³-hybridized carbons (Fsp3) is 0.733. The summed E-state index contributed by atoms with van der Waals surface area (Å²) in [7, 11) is 0. The van der Waals surface area contributed by atoms with Gasteiger partial charge in [-0.05, 0) is 26.2 Å². The number of nitrogens with one attached hydrogen (secondary N) is 3. The van der Waals surface area contributed by atoms with E-state index in [0.717, 1.165) is 6.42 Å². The topological polar surface area (TPSA) is 114 Å². The third-order valence-electron chi connectivity index (χ3n) is 3.51. The standard InChI is InChI=1S/C15H25N3O5/c1-3-12(19)18-11(15(22)23-4-2)7-8-13(20)17-10-6-5-9-16-14(10)21/h10-11H,3-9H2,1-2H3,(H,16,21)(H,17,20)(H,18,19)/t10-,11-/m0/s1. The molecular formula is C15H25N3O5. The number of rotatable bonds is 8. The van der Waals surface area contributed by atoms with Gasteiger partial charge in [0, 0.05) is 19.4 Å². The van der Waals surface area contributed by atoms with E-state index in [4.69, 9.17) is 4.74 Å². The first kappa shape index (κ1) is 18.9. The molecule has 1 heterocycles. The first-order valence-electron chi connectivity index (χ1n) is 8.01. The highest BCUT2D eigenvalue weighted by atomic mass is 16.5. The van der Waals surface area contributed by atoms with Crippen molar-refractivity contribution in [2.45, 2.75) is 58.0 Å². The lowest BCUT2D eigenvalue weighted by molar-refractivity contribution is -0.147. The van der Waals surface area contributed by atoms with Crippen molar-refractivity contribution in [3.05, 3.63) is 0 Å². The van der Waals surface area contributed by atoms with Crippen LogP contribution in [0.4, 0.5) is 0 Å². The summed E-state index contributed by atoms with van der Waals surface area (Å²) in [5, 5.41) is 7.88. The van der Waals surface area contributed by atoms with E-state index in [2.05, 4.69) is 16.0 Å². The van der Waals surface area contributed by atoms with Crippen LogP contribution in [-0.2, 0) is 23.9 Å². The van der Waals surface area contributed by atoms with Crippen LogP contribution in [0.15, 0.2) is 0 Å². The van der Waals surface area contributed by atoms with Crippen LogP contribution in [-0.4, -0.2) is 48.9 Å². The number of ether oxygens (including phenoxy) is 1. The van der Waals surface area contributed by atoms with E-state index < -0.39 is 18.1 Å². The summed E-state index contributed by atoms with van der Waals surface area (Å²) < 4.78 is 4.90. The fourth-order valence-electron chi connectivity index (χ4n) is 2.24. The highest BCUT2D eigenvalue weighted by Gasteiger charge is 2.26. The molecule has 2 atom stereocenters. The lowest BCUT2D eigenvalue weighted by Gasteiger charge is -2.23. The fourth-order valence-corrected chi connectivity index (χ4v) is 2.24. The molecule has 0 saturated carbocycles. The normalized spacial score (nSPS) is 18.5. The molecule has 0 bridgehead atoms. The zero-order valence-corrected chi connectivity index (χ0v) is 13.6. The Labute approximate surface area is 135 Å². The molecule has 0 aromatic rings. The molecule has 1 aliphatic rings. The summed E-state index contributed by atoms with van der Waals surface area (Å²) in [5.74, 6) is -1.36. The van der Waals surface area contributed by atoms with E-state index in [9.17, 15) is 19.2 Å². The van der Waals surface area contributed by atoms with E-state index in [1.165, 1.54) is 0 Å². The molecule has 1 rings (SSSR count). The van der Waals surface area contributed by atoms with E-state index in [-0.39, 0.29) is 43.6 Å². The molecule has 3 N–H and O–H groups in total. The second-order valence-corrected chi connectivity index (χ2v) is 5.32. The quantitative estimate of drug-likeness (QED) is 0.526. The van der Waals surface area contributed by atoms with Gasteiger partial charge in [0.25, 0.3) is 0 Å². The summed E-state index contributed by atoms with van der Waals surface area (Å²) >= 11 is 0. The number of amides is 3. The maximum atomic E-state index is 11.9. The van der Waals surface area contributed by atoms with Gasteiger partial charge in [-0.15, -0.1) is 0 Å². The molecule has 0 aromatic heterocycles. The number of hydrogen-bond acceptors (Lipinski definition) is 5. The molecule has 1 saturated heterocycles. The predicted octanol–water partition coefficient (Wildman–Crippen LogP) is -0.381. The third-order valence-corrected chi connectivity index (χ3v) is 3.51. The molecule has 23 heavy (non-hydrogen) atoms. The number of piperidine rings is 1. The molecule has 0 aromatic carbocycles. The van der Waals surface area contributed by atoms with Gasteiger partial charge in [0.05, 0.1) is 6.61 Å². The molecular weight excluding hydrogens is 302 g/mol. The van der Waals surface area contributed by atoms with Gasteiger partial charge in [-0.2, -0.15) is 0 Å². The van der Waals surface area contributed by atoms with Crippen molar-refractivity contribution in [2.24, 2.45) is 0 Å². The van der Waals surface area contributed by atoms with Gasteiger partial charge >= 0.3 is 5.97 Å². The first-order valence-corrected chi connectivity index (χ1v) is 8.01. The van der Waals surface area contributed by atoms with Gasteiger partial charge < -0.3 is 20.7 Å². The number of carbonyl (C=O) groups is 4. The van der Waals surface area contributed by atoms with E-state index in [1.54, 1.807) is 13.8 Å². The SMILES string of the molecule is CCOC(=O)[C@H](CCC(=O)N[C@H]1CCCNC1=O)NC(=O)CC. The minimum Gasteiger partial charge on any atom is -0.464 e. The Kier molecular flexibility index (Phi) is 8.07. The molecule has 1 fully saturated rings. The van der Waals surface area contributed by atoms with Crippen LogP contribution < -0.4 is 16.0 Å². The van der Waals surface area contributed by atoms with Crippen molar-refractivity contribution in [3.8, 4) is 0 Å². The average Bonchev–Trinajstić information content (AvgIpc) is 2.53. The van der Waals surface area contributed by atoms with Crippen molar-refractivity contribution >= 4 is 23.7 Å². The first-order chi connectivity index (χ1) is 11.0. The summed E-state index contributed by atoms with van der Waals surface area (Å²) in [4.78, 5) is 46.8. The molecule has 0 spiro atoms. The van der Waals surface area contributed by atoms with Crippen molar-refractivity contribution in [2.75, 3.05) is 13.2 Å². The summed E-state index contributed by atoms with van der Waals surface area (Å²) in [6.45, 7) is 4.17. The van der Waals surface area contributed by atoms with Crippen LogP contribution in [0.2, 0.25) is 0 Å². The van der Waals surface area contributed by atoms with Crippen molar-refractivity contribution in [3.63, 3.8) is 0 Å². The zero-order valence-electron chi connectivity index (χ0n) is 13.6. The van der Waals surface area contributed by atoms with Crippen molar-refractivity contribution in [1.29, 1.82) is 0 Å². The average molecular weight is 327 g/mol. The second-order valence-electron chi connectivity index (χ2n) is 5.32. The Morgan fingerprint density at radius 1 is 1.30 bits per heavy atom. The highest BCUT2D eigenvalue weighted by molar-refractivity contribution is 5.88. The van der Waals surface area contributed by atoms with Crippen LogP contribution >= 0.6 is 0 Å². The van der Waals surface area contributed by atoms with Gasteiger partial charge in [-0.1, -0.05) is 6.92 Å². The molecule has 130 valence electrons. The van der Waals surface area contributed by atoms with Crippen LogP contribution in [0.1, 0.15) is 46.0 Å². The Hall–Kier alpha value is -2.12. The molecule has 8 nitrogen and oxygen atoms in total. The summed E-state index contributed by atoms with van der Waals surface area (Å²) in [6, 6.07) is -1.38. The molecule has 0 unspecified atom stereocenters. The van der Waals surface area contributed by atoms with E-state index in [1.807, 2.05) is 0 Å². The van der Waals surface area contributed by atoms with Crippen molar-refractivity contribution < 1.29 is 23.9 Å². The number of esters is 1. The van der Waals surface area contributed by atoms with Crippen LogP contribution in [0, 0.1) is 0 Å². The zero-order chi connectivity index (χ0) is 17.2.